The first-order valence-corrected chi connectivity index (χ1v) is 10.3. The molecule has 160 valence electrons. The van der Waals surface area contributed by atoms with Gasteiger partial charge in [-0.2, -0.15) is 0 Å². The summed E-state index contributed by atoms with van der Waals surface area (Å²) in [5, 5.41) is 19.9. The summed E-state index contributed by atoms with van der Waals surface area (Å²) in [5.74, 6) is 4.04. The second-order valence-corrected chi connectivity index (χ2v) is 7.90. The fourth-order valence-corrected chi connectivity index (χ4v) is 4.24. The summed E-state index contributed by atoms with van der Waals surface area (Å²) in [6.07, 6.45) is 5.25. The van der Waals surface area contributed by atoms with Gasteiger partial charge in [0.25, 0.3) is 0 Å². The fraction of sp³-hybridized carbons (Fsp3) is 0.273. The zero-order valence-electron chi connectivity index (χ0n) is 17.4. The molecule has 3 aromatic rings. The average molecular weight is 439 g/mol. The van der Waals surface area contributed by atoms with E-state index >= 15 is 0 Å². The van der Waals surface area contributed by atoms with Gasteiger partial charge >= 0.3 is 0 Å². The van der Waals surface area contributed by atoms with Crippen molar-refractivity contribution >= 4 is 11.8 Å². The highest BCUT2D eigenvalue weighted by molar-refractivity contribution is 7.99. The van der Waals surface area contributed by atoms with Gasteiger partial charge in [0.2, 0.25) is 6.54 Å². The van der Waals surface area contributed by atoms with Crippen molar-refractivity contribution in [1.82, 2.24) is 14.8 Å². The monoisotopic (exact) mass is 438 g/mol. The van der Waals surface area contributed by atoms with Crippen LogP contribution >= 0.6 is 11.8 Å². The molecule has 0 saturated carbocycles. The summed E-state index contributed by atoms with van der Waals surface area (Å²) in [5.41, 5.74) is 2.71. The summed E-state index contributed by atoms with van der Waals surface area (Å²) >= 11 is 1.28. The number of rotatable bonds is 9. The number of nitro groups is 1. The maximum Gasteiger partial charge on any atom is 0.220 e. The molecule has 9 heteroatoms. The highest BCUT2D eigenvalue weighted by Crippen LogP contribution is 2.39. The molecule has 1 aromatic heterocycles. The van der Waals surface area contributed by atoms with Gasteiger partial charge in [-0.05, 0) is 49.2 Å². The van der Waals surface area contributed by atoms with Gasteiger partial charge in [-0.1, -0.05) is 35.9 Å². The number of hydrogen-bond donors (Lipinski definition) is 0. The van der Waals surface area contributed by atoms with Gasteiger partial charge in [0.05, 0.1) is 7.11 Å². The van der Waals surface area contributed by atoms with Gasteiger partial charge < -0.3 is 9.47 Å². The first kappa shape index (κ1) is 22.2. The zero-order chi connectivity index (χ0) is 22.4. The van der Waals surface area contributed by atoms with E-state index < -0.39 is 5.25 Å². The van der Waals surface area contributed by atoms with Crippen LogP contribution in [-0.2, 0) is 0 Å². The van der Waals surface area contributed by atoms with Crippen molar-refractivity contribution in [2.75, 3.05) is 20.3 Å². The van der Waals surface area contributed by atoms with Crippen molar-refractivity contribution in [3.63, 3.8) is 0 Å². The number of ether oxygens (including phenoxy) is 2. The van der Waals surface area contributed by atoms with Crippen molar-refractivity contribution in [2.45, 2.75) is 24.3 Å². The van der Waals surface area contributed by atoms with Crippen LogP contribution in [0.4, 0.5) is 0 Å². The van der Waals surface area contributed by atoms with Crippen LogP contribution in [0.2, 0.25) is 0 Å². The smallest absolute Gasteiger partial charge is 0.220 e. The predicted molar refractivity (Wildman–Crippen MR) is 119 cm³/mol. The molecule has 0 unspecified atom stereocenters. The molecule has 2 aromatic carbocycles. The van der Waals surface area contributed by atoms with Crippen LogP contribution in [0.3, 0.4) is 0 Å². The average Bonchev–Trinajstić information content (AvgIpc) is 3.11. The minimum absolute atomic E-state index is 0.0989. The summed E-state index contributed by atoms with van der Waals surface area (Å²) in [4.78, 5) is 11.1. The number of terminal acetylenes is 1. The lowest BCUT2D eigenvalue weighted by molar-refractivity contribution is -0.479. The summed E-state index contributed by atoms with van der Waals surface area (Å²) in [6.45, 7) is 3.66. The third kappa shape index (κ3) is 5.35. The third-order valence-electron chi connectivity index (χ3n) is 4.49. The van der Waals surface area contributed by atoms with E-state index in [4.69, 9.17) is 15.9 Å². The predicted octanol–water partition coefficient (Wildman–Crippen LogP) is 4.01. The molecule has 1 heterocycles. The second kappa shape index (κ2) is 10.00. The number of benzene rings is 2. The van der Waals surface area contributed by atoms with E-state index in [0.29, 0.717) is 28.0 Å². The lowest BCUT2D eigenvalue weighted by Crippen LogP contribution is -2.11. The Morgan fingerprint density at radius 1 is 1.23 bits per heavy atom. The third-order valence-corrected chi connectivity index (χ3v) is 5.67. The van der Waals surface area contributed by atoms with E-state index in [9.17, 15) is 10.1 Å². The fourth-order valence-electron chi connectivity index (χ4n) is 3.08. The number of methoxy groups -OCH3 is 1. The zero-order valence-corrected chi connectivity index (χ0v) is 18.3. The van der Waals surface area contributed by atoms with E-state index in [1.807, 2.05) is 42.7 Å². The van der Waals surface area contributed by atoms with Crippen LogP contribution in [0.15, 0.2) is 47.6 Å². The second-order valence-electron chi connectivity index (χ2n) is 6.73. The molecule has 8 nitrogen and oxygen atoms in total. The largest absolute Gasteiger partial charge is 0.493 e. The van der Waals surface area contributed by atoms with Gasteiger partial charge in [-0.25, -0.2) is 0 Å². The maximum absolute atomic E-state index is 11.4. The van der Waals surface area contributed by atoms with Crippen molar-refractivity contribution < 1.29 is 14.4 Å². The summed E-state index contributed by atoms with van der Waals surface area (Å²) < 4.78 is 12.8. The molecule has 0 spiro atoms. The Morgan fingerprint density at radius 3 is 2.71 bits per heavy atom. The lowest BCUT2D eigenvalue weighted by atomic mass is 10.1. The van der Waals surface area contributed by atoms with Crippen LogP contribution in [0, 0.1) is 36.3 Å². The molecule has 0 aliphatic carbocycles. The quantitative estimate of drug-likeness (QED) is 0.216. The number of aromatic nitrogens is 3. The number of hydrogen-bond acceptors (Lipinski definition) is 7. The van der Waals surface area contributed by atoms with Crippen LogP contribution in [0.25, 0.3) is 5.69 Å². The Morgan fingerprint density at radius 2 is 2.03 bits per heavy atom. The molecule has 0 aliphatic heterocycles. The highest BCUT2D eigenvalue weighted by atomic mass is 32.2. The minimum atomic E-state index is -0.516. The van der Waals surface area contributed by atoms with Crippen LogP contribution in [0.5, 0.6) is 11.5 Å². The van der Waals surface area contributed by atoms with Gasteiger partial charge in [-0.15, -0.1) is 16.6 Å². The maximum atomic E-state index is 11.4. The Kier molecular flexibility index (Phi) is 7.15. The van der Waals surface area contributed by atoms with Gasteiger partial charge in [0.1, 0.15) is 17.7 Å². The van der Waals surface area contributed by atoms with E-state index in [2.05, 4.69) is 16.1 Å². The number of nitrogens with zero attached hydrogens (tertiary/aromatic N) is 4. The van der Waals surface area contributed by atoms with Crippen molar-refractivity contribution in [2.24, 2.45) is 0 Å². The van der Waals surface area contributed by atoms with E-state index in [1.54, 1.807) is 18.2 Å². The molecule has 3 rings (SSSR count). The number of thioether (sulfide) groups is 1. The Hall–Kier alpha value is -3.51. The molecular formula is C22H22N4O4S. The van der Waals surface area contributed by atoms with E-state index in [-0.39, 0.29) is 18.1 Å². The Labute approximate surface area is 184 Å². The van der Waals surface area contributed by atoms with E-state index in [0.717, 1.165) is 11.3 Å². The van der Waals surface area contributed by atoms with Gasteiger partial charge in [0.15, 0.2) is 16.7 Å². The molecule has 0 aliphatic rings. The molecule has 0 N–H and O–H groups in total. The molecule has 31 heavy (non-hydrogen) atoms. The molecule has 0 bridgehead atoms. The van der Waals surface area contributed by atoms with Gasteiger partial charge in [-0.3, -0.25) is 14.7 Å². The van der Waals surface area contributed by atoms with E-state index in [1.165, 1.54) is 18.9 Å². The summed E-state index contributed by atoms with van der Waals surface area (Å²) in [7, 11) is 1.51. The molecule has 0 saturated heterocycles. The van der Waals surface area contributed by atoms with Crippen LogP contribution in [0.1, 0.15) is 22.2 Å². The standard InChI is InChI=1S/C22H22N4O4S/c1-5-11-30-19-10-9-17(13-20(19)29-4)21(14-25(27)28)31-22-24-23-16(3)26(22)18-8-6-7-15(2)12-18/h1,6-10,12-13,21H,11,14H2,2-4H3/t21-/m0/s1. The normalized spacial score (nSPS) is 11.5. The Bertz CT molecular complexity index is 1120. The molecule has 0 fully saturated rings. The van der Waals surface area contributed by atoms with Crippen LogP contribution < -0.4 is 9.47 Å². The first-order chi connectivity index (χ1) is 14.9. The molecule has 0 amide bonds. The SMILES string of the molecule is C#CCOc1ccc([C@H](C[N+](=O)[O-])Sc2nnc(C)n2-c2cccc(C)c2)cc1OC. The topological polar surface area (TPSA) is 92.3 Å². The van der Waals surface area contributed by atoms with Crippen LogP contribution in [-0.4, -0.2) is 39.9 Å². The Balaban J connectivity index is 1.97. The molecule has 1 atom stereocenters. The number of aryl methyl sites for hydroxylation is 2. The summed E-state index contributed by atoms with van der Waals surface area (Å²) in [6, 6.07) is 13.1. The van der Waals surface area contributed by atoms with Crippen molar-refractivity contribution in [3.05, 3.63) is 69.5 Å². The lowest BCUT2D eigenvalue weighted by Gasteiger charge is -2.16. The molecular weight excluding hydrogens is 416 g/mol. The minimum Gasteiger partial charge on any atom is -0.493 e. The highest BCUT2D eigenvalue weighted by Gasteiger charge is 2.25. The first-order valence-electron chi connectivity index (χ1n) is 9.44. The van der Waals surface area contributed by atoms with Gasteiger partial charge in [0, 0.05) is 10.6 Å². The molecule has 0 radical (unpaired) electrons. The van der Waals surface area contributed by atoms with Crippen molar-refractivity contribution in [3.8, 4) is 29.5 Å². The van der Waals surface area contributed by atoms with Crippen molar-refractivity contribution in [1.29, 1.82) is 0 Å².